The topological polar surface area (TPSA) is 92.9 Å². The van der Waals surface area contributed by atoms with E-state index in [0.717, 1.165) is 11.3 Å². The standard InChI is InChI=1S/C17H16ClN5O2/c1-9-6-12(18)4-5-13(9)20-17-19-10(2)7-14(21-17)16(24)22-15-8-11(3)25-23-15/h4-8H,1-3H3,(H,19,20,21)(H,22,23,24). The van der Waals surface area contributed by atoms with E-state index in [1.807, 2.05) is 19.1 Å². The second-order valence-corrected chi connectivity index (χ2v) is 6.02. The number of aromatic nitrogens is 3. The van der Waals surface area contributed by atoms with Crippen molar-refractivity contribution in [3.63, 3.8) is 0 Å². The molecule has 0 spiro atoms. The van der Waals surface area contributed by atoms with Crippen LogP contribution in [0.4, 0.5) is 17.5 Å². The second kappa shape index (κ2) is 6.90. The predicted molar refractivity (Wildman–Crippen MR) is 95.4 cm³/mol. The van der Waals surface area contributed by atoms with Gasteiger partial charge in [-0.1, -0.05) is 16.8 Å². The summed E-state index contributed by atoms with van der Waals surface area (Å²) in [6.07, 6.45) is 0. The molecule has 1 aromatic carbocycles. The molecule has 8 heteroatoms. The normalized spacial score (nSPS) is 10.6. The Kier molecular flexibility index (Phi) is 4.67. The second-order valence-electron chi connectivity index (χ2n) is 5.58. The van der Waals surface area contributed by atoms with Gasteiger partial charge < -0.3 is 15.2 Å². The van der Waals surface area contributed by atoms with Gasteiger partial charge in [-0.05, 0) is 50.6 Å². The first-order chi connectivity index (χ1) is 11.9. The minimum absolute atomic E-state index is 0.224. The Hall–Kier alpha value is -2.93. The third-order valence-corrected chi connectivity index (χ3v) is 3.63. The number of carbonyl (C=O) groups is 1. The molecular weight excluding hydrogens is 342 g/mol. The molecule has 0 aliphatic heterocycles. The van der Waals surface area contributed by atoms with Crippen molar-refractivity contribution in [1.29, 1.82) is 0 Å². The lowest BCUT2D eigenvalue weighted by Crippen LogP contribution is -2.15. The van der Waals surface area contributed by atoms with E-state index in [2.05, 4.69) is 25.8 Å². The smallest absolute Gasteiger partial charge is 0.275 e. The Balaban J connectivity index is 1.83. The molecule has 25 heavy (non-hydrogen) atoms. The van der Waals surface area contributed by atoms with E-state index in [4.69, 9.17) is 16.1 Å². The summed E-state index contributed by atoms with van der Waals surface area (Å²) in [5, 5.41) is 10.1. The van der Waals surface area contributed by atoms with Gasteiger partial charge in [0.25, 0.3) is 5.91 Å². The van der Waals surface area contributed by atoms with Crippen LogP contribution >= 0.6 is 11.6 Å². The lowest BCUT2D eigenvalue weighted by molar-refractivity contribution is 0.102. The Morgan fingerprint density at radius 3 is 2.60 bits per heavy atom. The lowest BCUT2D eigenvalue weighted by Gasteiger charge is -2.10. The number of carbonyl (C=O) groups excluding carboxylic acids is 1. The van der Waals surface area contributed by atoms with Crippen LogP contribution in [0.25, 0.3) is 0 Å². The quantitative estimate of drug-likeness (QED) is 0.732. The summed E-state index contributed by atoms with van der Waals surface area (Å²) in [5.41, 5.74) is 2.64. The van der Waals surface area contributed by atoms with E-state index >= 15 is 0 Å². The molecule has 0 unspecified atom stereocenters. The third kappa shape index (κ3) is 4.13. The Bertz CT molecular complexity index is 939. The average molecular weight is 358 g/mol. The first-order valence-corrected chi connectivity index (χ1v) is 7.92. The van der Waals surface area contributed by atoms with Gasteiger partial charge in [-0.15, -0.1) is 0 Å². The monoisotopic (exact) mass is 357 g/mol. The summed E-state index contributed by atoms with van der Waals surface area (Å²) in [5.74, 6) is 0.873. The first-order valence-electron chi connectivity index (χ1n) is 7.54. The number of benzene rings is 1. The van der Waals surface area contributed by atoms with E-state index in [0.29, 0.717) is 28.2 Å². The van der Waals surface area contributed by atoms with E-state index in [1.165, 1.54) is 0 Å². The number of halogens is 1. The predicted octanol–water partition coefficient (Wildman–Crippen LogP) is 4.04. The summed E-state index contributed by atoms with van der Waals surface area (Å²) >= 11 is 5.97. The van der Waals surface area contributed by atoms with Crippen LogP contribution in [0.15, 0.2) is 34.9 Å². The number of rotatable bonds is 4. The van der Waals surface area contributed by atoms with Gasteiger partial charge in [0, 0.05) is 22.5 Å². The molecule has 2 N–H and O–H groups in total. The van der Waals surface area contributed by atoms with Crippen molar-refractivity contribution < 1.29 is 9.32 Å². The van der Waals surface area contributed by atoms with Crippen molar-refractivity contribution in [2.75, 3.05) is 10.6 Å². The zero-order chi connectivity index (χ0) is 18.0. The summed E-state index contributed by atoms with van der Waals surface area (Å²) in [4.78, 5) is 21.0. The van der Waals surface area contributed by atoms with Crippen molar-refractivity contribution in [2.45, 2.75) is 20.8 Å². The highest BCUT2D eigenvalue weighted by molar-refractivity contribution is 6.30. The fourth-order valence-electron chi connectivity index (χ4n) is 2.23. The van der Waals surface area contributed by atoms with E-state index in [1.54, 1.807) is 32.0 Å². The molecule has 0 aliphatic carbocycles. The first kappa shape index (κ1) is 16.9. The van der Waals surface area contributed by atoms with Gasteiger partial charge in [0.2, 0.25) is 5.95 Å². The molecule has 2 heterocycles. The fourth-order valence-corrected chi connectivity index (χ4v) is 2.46. The SMILES string of the molecule is Cc1cc(C(=O)Nc2cc(C)on2)nc(Nc2ccc(Cl)cc2C)n1. The van der Waals surface area contributed by atoms with E-state index < -0.39 is 5.91 Å². The van der Waals surface area contributed by atoms with Crippen LogP contribution < -0.4 is 10.6 Å². The number of aryl methyl sites for hydroxylation is 3. The third-order valence-electron chi connectivity index (χ3n) is 3.39. The molecule has 2 aromatic heterocycles. The van der Waals surface area contributed by atoms with Crippen LogP contribution in [0, 0.1) is 20.8 Å². The highest BCUT2D eigenvalue weighted by Gasteiger charge is 2.13. The van der Waals surface area contributed by atoms with Crippen molar-refractivity contribution in [3.05, 3.63) is 58.1 Å². The fraction of sp³-hybridized carbons (Fsp3) is 0.176. The minimum atomic E-state index is -0.394. The minimum Gasteiger partial charge on any atom is -0.360 e. The maximum Gasteiger partial charge on any atom is 0.275 e. The maximum atomic E-state index is 12.4. The highest BCUT2D eigenvalue weighted by atomic mass is 35.5. The lowest BCUT2D eigenvalue weighted by atomic mass is 10.2. The number of hydrogen-bond acceptors (Lipinski definition) is 6. The van der Waals surface area contributed by atoms with Crippen molar-refractivity contribution in [2.24, 2.45) is 0 Å². The number of hydrogen-bond donors (Lipinski definition) is 2. The molecule has 1 amide bonds. The Morgan fingerprint density at radius 2 is 1.92 bits per heavy atom. The van der Waals surface area contributed by atoms with Crippen molar-refractivity contribution >= 4 is 35.0 Å². The van der Waals surface area contributed by atoms with E-state index in [-0.39, 0.29) is 5.69 Å². The van der Waals surface area contributed by atoms with Crippen LogP contribution in [0.3, 0.4) is 0 Å². The Morgan fingerprint density at radius 1 is 1.12 bits per heavy atom. The highest BCUT2D eigenvalue weighted by Crippen LogP contribution is 2.22. The van der Waals surface area contributed by atoms with Gasteiger partial charge in [-0.2, -0.15) is 0 Å². The number of amides is 1. The molecule has 7 nitrogen and oxygen atoms in total. The van der Waals surface area contributed by atoms with Gasteiger partial charge in [0.1, 0.15) is 11.5 Å². The van der Waals surface area contributed by atoms with Crippen LogP contribution in [-0.4, -0.2) is 21.0 Å². The zero-order valence-electron chi connectivity index (χ0n) is 13.9. The zero-order valence-corrected chi connectivity index (χ0v) is 14.7. The van der Waals surface area contributed by atoms with Crippen molar-refractivity contribution in [3.8, 4) is 0 Å². The molecular formula is C17H16ClN5O2. The van der Waals surface area contributed by atoms with Gasteiger partial charge in [0.05, 0.1) is 0 Å². The molecule has 0 atom stereocenters. The van der Waals surface area contributed by atoms with Gasteiger partial charge in [-0.3, -0.25) is 4.79 Å². The summed E-state index contributed by atoms with van der Waals surface area (Å²) in [6, 6.07) is 8.67. The van der Waals surface area contributed by atoms with Crippen LogP contribution in [0.5, 0.6) is 0 Å². The molecule has 3 aromatic rings. The van der Waals surface area contributed by atoms with Crippen molar-refractivity contribution in [1.82, 2.24) is 15.1 Å². The summed E-state index contributed by atoms with van der Waals surface area (Å²) < 4.78 is 4.93. The number of nitrogens with zero attached hydrogens (tertiary/aromatic N) is 3. The van der Waals surface area contributed by atoms with Gasteiger partial charge in [-0.25, -0.2) is 9.97 Å². The largest absolute Gasteiger partial charge is 0.360 e. The molecule has 128 valence electrons. The average Bonchev–Trinajstić information content (AvgIpc) is 2.94. The van der Waals surface area contributed by atoms with Crippen LogP contribution in [-0.2, 0) is 0 Å². The summed E-state index contributed by atoms with van der Waals surface area (Å²) in [6.45, 7) is 5.46. The van der Waals surface area contributed by atoms with Gasteiger partial charge >= 0.3 is 0 Å². The van der Waals surface area contributed by atoms with Crippen LogP contribution in [0.2, 0.25) is 5.02 Å². The Labute approximate surface area is 149 Å². The molecule has 0 radical (unpaired) electrons. The molecule has 0 saturated heterocycles. The molecule has 0 bridgehead atoms. The van der Waals surface area contributed by atoms with Gasteiger partial charge in [0.15, 0.2) is 5.82 Å². The molecule has 0 aliphatic rings. The number of anilines is 3. The molecule has 0 fully saturated rings. The molecule has 0 saturated carbocycles. The molecule has 3 rings (SSSR count). The number of nitrogens with one attached hydrogen (secondary N) is 2. The maximum absolute atomic E-state index is 12.4. The van der Waals surface area contributed by atoms with Crippen LogP contribution in [0.1, 0.15) is 27.5 Å². The summed E-state index contributed by atoms with van der Waals surface area (Å²) in [7, 11) is 0. The van der Waals surface area contributed by atoms with E-state index in [9.17, 15) is 4.79 Å².